The van der Waals surface area contributed by atoms with Crippen molar-refractivity contribution < 1.29 is 9.47 Å². The first-order valence-electron chi connectivity index (χ1n) is 9.76. The van der Waals surface area contributed by atoms with Gasteiger partial charge in [-0.15, -0.1) is 0 Å². The van der Waals surface area contributed by atoms with E-state index in [1.807, 2.05) is 7.05 Å². The van der Waals surface area contributed by atoms with Gasteiger partial charge in [0.15, 0.2) is 5.96 Å². The molecule has 1 unspecified atom stereocenters. The van der Waals surface area contributed by atoms with Gasteiger partial charge in [0.25, 0.3) is 0 Å². The molecule has 0 aromatic carbocycles. The molecular weight excluding hydrogens is 304 g/mol. The Labute approximate surface area is 146 Å². The Morgan fingerprint density at radius 1 is 1.17 bits per heavy atom. The van der Waals surface area contributed by atoms with Crippen LogP contribution in [-0.4, -0.2) is 87.5 Å². The lowest BCUT2D eigenvalue weighted by Crippen LogP contribution is -2.43. The van der Waals surface area contributed by atoms with Crippen molar-refractivity contribution in [3.05, 3.63) is 0 Å². The first kappa shape index (κ1) is 18.0. The average molecular weight is 338 g/mol. The third-order valence-electron chi connectivity index (χ3n) is 5.46. The van der Waals surface area contributed by atoms with Crippen molar-refractivity contribution >= 4 is 5.96 Å². The van der Waals surface area contributed by atoms with Crippen molar-refractivity contribution in [2.24, 2.45) is 4.99 Å². The summed E-state index contributed by atoms with van der Waals surface area (Å²) < 4.78 is 11.3. The smallest absolute Gasteiger partial charge is 0.193 e. The van der Waals surface area contributed by atoms with Crippen molar-refractivity contribution in [1.82, 2.24) is 15.1 Å². The van der Waals surface area contributed by atoms with Crippen LogP contribution >= 0.6 is 0 Å². The second-order valence-electron chi connectivity index (χ2n) is 7.14. The highest BCUT2D eigenvalue weighted by atomic mass is 16.5. The molecule has 3 fully saturated rings. The van der Waals surface area contributed by atoms with E-state index in [1.54, 1.807) is 0 Å². The molecule has 0 bridgehead atoms. The third kappa shape index (κ3) is 5.07. The second-order valence-corrected chi connectivity index (χ2v) is 7.14. The van der Waals surface area contributed by atoms with Gasteiger partial charge in [-0.3, -0.25) is 9.89 Å². The standard InChI is InChI=1S/C18H34N4O2/c1-19-18(20-8-4-12-24-17-6-13-23-14-7-17)22-11-5-16(15-22)21-9-2-3-10-21/h16-17H,2-15H2,1H3,(H,19,20). The van der Waals surface area contributed by atoms with E-state index in [9.17, 15) is 0 Å². The van der Waals surface area contributed by atoms with Gasteiger partial charge in [-0.1, -0.05) is 0 Å². The lowest BCUT2D eigenvalue weighted by atomic mass is 10.1. The highest BCUT2D eigenvalue weighted by molar-refractivity contribution is 5.80. The van der Waals surface area contributed by atoms with Crippen LogP contribution in [0.25, 0.3) is 0 Å². The minimum atomic E-state index is 0.401. The monoisotopic (exact) mass is 338 g/mol. The van der Waals surface area contributed by atoms with E-state index in [4.69, 9.17) is 9.47 Å². The fourth-order valence-electron chi connectivity index (χ4n) is 4.04. The fraction of sp³-hybridized carbons (Fsp3) is 0.944. The molecule has 0 saturated carbocycles. The fourth-order valence-corrected chi connectivity index (χ4v) is 4.04. The van der Waals surface area contributed by atoms with Gasteiger partial charge in [-0.25, -0.2) is 0 Å². The molecule has 3 aliphatic rings. The molecule has 0 amide bonds. The summed E-state index contributed by atoms with van der Waals surface area (Å²) in [5, 5.41) is 3.51. The van der Waals surface area contributed by atoms with Crippen molar-refractivity contribution in [2.75, 3.05) is 59.6 Å². The molecule has 0 spiro atoms. The first-order valence-corrected chi connectivity index (χ1v) is 9.76. The number of likely N-dealkylation sites (tertiary alicyclic amines) is 2. The van der Waals surface area contributed by atoms with Crippen LogP contribution in [0.15, 0.2) is 4.99 Å². The Kier molecular flexibility index (Phi) is 7.17. The molecule has 6 heteroatoms. The molecule has 3 saturated heterocycles. The summed E-state index contributed by atoms with van der Waals surface area (Å²) in [6, 6.07) is 0.725. The summed E-state index contributed by atoms with van der Waals surface area (Å²) in [4.78, 5) is 9.55. The number of ether oxygens (including phenoxy) is 2. The lowest BCUT2D eigenvalue weighted by Gasteiger charge is -2.25. The van der Waals surface area contributed by atoms with Gasteiger partial charge in [0, 0.05) is 52.5 Å². The maximum atomic E-state index is 5.93. The molecule has 0 aromatic heterocycles. The van der Waals surface area contributed by atoms with Crippen LogP contribution in [0.4, 0.5) is 0 Å². The largest absolute Gasteiger partial charge is 0.381 e. The van der Waals surface area contributed by atoms with E-state index in [1.165, 1.54) is 32.4 Å². The lowest BCUT2D eigenvalue weighted by molar-refractivity contribution is -0.0320. The molecule has 138 valence electrons. The number of rotatable bonds is 6. The van der Waals surface area contributed by atoms with Crippen molar-refractivity contribution in [2.45, 2.75) is 50.7 Å². The van der Waals surface area contributed by atoms with Crippen LogP contribution in [0.1, 0.15) is 38.5 Å². The normalized spacial score (nSPS) is 27.1. The number of hydrogen-bond donors (Lipinski definition) is 1. The van der Waals surface area contributed by atoms with Crippen LogP contribution < -0.4 is 5.32 Å². The zero-order valence-electron chi connectivity index (χ0n) is 15.2. The predicted octanol–water partition coefficient (Wildman–Crippen LogP) is 1.32. The number of aliphatic imine (C=N–C) groups is 1. The number of nitrogens with zero attached hydrogens (tertiary/aromatic N) is 3. The summed E-state index contributed by atoms with van der Waals surface area (Å²) in [7, 11) is 1.89. The van der Waals surface area contributed by atoms with E-state index < -0.39 is 0 Å². The maximum absolute atomic E-state index is 5.93. The highest BCUT2D eigenvalue weighted by Crippen LogP contribution is 2.20. The molecule has 0 aromatic rings. The maximum Gasteiger partial charge on any atom is 0.193 e. The van der Waals surface area contributed by atoms with Gasteiger partial charge in [-0.05, 0) is 51.6 Å². The summed E-state index contributed by atoms with van der Waals surface area (Å²) in [6.45, 7) is 8.27. The molecule has 1 N–H and O–H groups in total. The summed E-state index contributed by atoms with van der Waals surface area (Å²) in [5.41, 5.74) is 0. The Balaban J connectivity index is 1.30. The number of guanidine groups is 1. The van der Waals surface area contributed by atoms with Gasteiger partial charge in [0.05, 0.1) is 6.10 Å². The van der Waals surface area contributed by atoms with E-state index in [0.717, 1.165) is 70.7 Å². The molecule has 3 rings (SSSR count). The van der Waals surface area contributed by atoms with Gasteiger partial charge in [0.1, 0.15) is 0 Å². The topological polar surface area (TPSA) is 49.3 Å². The molecule has 0 aliphatic carbocycles. The minimum absolute atomic E-state index is 0.401. The molecule has 6 nitrogen and oxygen atoms in total. The molecule has 3 heterocycles. The number of hydrogen-bond acceptors (Lipinski definition) is 4. The molecule has 0 radical (unpaired) electrons. The Hall–Kier alpha value is -0.850. The zero-order chi connectivity index (χ0) is 16.6. The van der Waals surface area contributed by atoms with Gasteiger partial charge in [-0.2, -0.15) is 0 Å². The van der Waals surface area contributed by atoms with Crippen LogP contribution in [0.5, 0.6) is 0 Å². The van der Waals surface area contributed by atoms with Crippen molar-refractivity contribution in [3.8, 4) is 0 Å². The summed E-state index contributed by atoms with van der Waals surface area (Å²) in [5.74, 6) is 1.06. The van der Waals surface area contributed by atoms with Crippen LogP contribution in [0.2, 0.25) is 0 Å². The highest BCUT2D eigenvalue weighted by Gasteiger charge is 2.30. The van der Waals surface area contributed by atoms with Crippen LogP contribution in [0, 0.1) is 0 Å². The van der Waals surface area contributed by atoms with Crippen molar-refractivity contribution in [3.63, 3.8) is 0 Å². The van der Waals surface area contributed by atoms with Gasteiger partial charge >= 0.3 is 0 Å². The Morgan fingerprint density at radius 2 is 1.96 bits per heavy atom. The van der Waals surface area contributed by atoms with E-state index >= 15 is 0 Å². The minimum Gasteiger partial charge on any atom is -0.381 e. The van der Waals surface area contributed by atoms with Crippen LogP contribution in [-0.2, 0) is 9.47 Å². The van der Waals surface area contributed by atoms with E-state index in [-0.39, 0.29) is 0 Å². The quantitative estimate of drug-likeness (QED) is 0.450. The second kappa shape index (κ2) is 9.59. The molecular formula is C18H34N4O2. The molecule has 3 aliphatic heterocycles. The van der Waals surface area contributed by atoms with E-state index in [2.05, 4.69) is 20.1 Å². The summed E-state index contributed by atoms with van der Waals surface area (Å²) in [6.07, 6.45) is 7.53. The van der Waals surface area contributed by atoms with Crippen molar-refractivity contribution in [1.29, 1.82) is 0 Å². The SMILES string of the molecule is CN=C(NCCCOC1CCOCC1)N1CCC(N2CCCC2)C1. The van der Waals surface area contributed by atoms with E-state index in [0.29, 0.717) is 6.10 Å². The third-order valence-corrected chi connectivity index (χ3v) is 5.46. The zero-order valence-corrected chi connectivity index (χ0v) is 15.2. The summed E-state index contributed by atoms with van der Waals surface area (Å²) >= 11 is 0. The predicted molar refractivity (Wildman–Crippen MR) is 96.6 cm³/mol. The Morgan fingerprint density at radius 3 is 2.71 bits per heavy atom. The first-order chi connectivity index (χ1) is 11.9. The molecule has 1 atom stereocenters. The van der Waals surface area contributed by atoms with Gasteiger partial charge in [0.2, 0.25) is 0 Å². The van der Waals surface area contributed by atoms with Gasteiger partial charge < -0.3 is 19.7 Å². The average Bonchev–Trinajstić information content (AvgIpc) is 3.30. The Bertz CT molecular complexity index is 392. The van der Waals surface area contributed by atoms with Crippen LogP contribution in [0.3, 0.4) is 0 Å². The molecule has 24 heavy (non-hydrogen) atoms. The number of nitrogens with one attached hydrogen (secondary N) is 1.